The van der Waals surface area contributed by atoms with Crippen LogP contribution in [0, 0.1) is 6.92 Å². The molecule has 0 radical (unpaired) electrons. The number of aromatic nitrogens is 2. The summed E-state index contributed by atoms with van der Waals surface area (Å²) in [5.41, 5.74) is 6.74. The van der Waals surface area contributed by atoms with Crippen molar-refractivity contribution in [3.63, 3.8) is 0 Å². The van der Waals surface area contributed by atoms with Crippen molar-refractivity contribution in [3.05, 3.63) is 102 Å². The molecule has 1 amide bonds. The second-order valence-corrected chi connectivity index (χ2v) is 9.59. The van der Waals surface area contributed by atoms with Crippen molar-refractivity contribution in [3.8, 4) is 22.4 Å². The highest BCUT2D eigenvalue weighted by atomic mass is 16.2. The van der Waals surface area contributed by atoms with Crippen molar-refractivity contribution in [2.75, 3.05) is 20.6 Å². The molecule has 0 aliphatic carbocycles. The molecule has 1 N–H and O–H groups in total. The van der Waals surface area contributed by atoms with Crippen LogP contribution in [-0.2, 0) is 4.79 Å². The number of likely N-dealkylation sites (tertiary alicyclic amines) is 1. The molecule has 1 aliphatic rings. The van der Waals surface area contributed by atoms with Gasteiger partial charge in [0.2, 0.25) is 5.91 Å². The molecule has 2 heterocycles. The molecule has 35 heavy (non-hydrogen) atoms. The number of carbonyl (C=O) groups excluding carboxylic acids is 1. The van der Waals surface area contributed by atoms with E-state index in [9.17, 15) is 4.79 Å². The monoisotopic (exact) mass is 464 g/mol. The maximum atomic E-state index is 13.7. The topological polar surface area (TPSA) is 52.2 Å². The molecule has 1 fully saturated rings. The van der Waals surface area contributed by atoms with Crippen LogP contribution in [0.3, 0.4) is 0 Å². The summed E-state index contributed by atoms with van der Waals surface area (Å²) in [5.74, 6) is 0.989. The van der Waals surface area contributed by atoms with Crippen LogP contribution in [0.1, 0.15) is 41.9 Å². The van der Waals surface area contributed by atoms with Crippen molar-refractivity contribution in [1.82, 2.24) is 19.8 Å². The number of carbonyl (C=O) groups is 1. The van der Waals surface area contributed by atoms with Gasteiger partial charge in [-0.25, -0.2) is 4.98 Å². The quantitative estimate of drug-likeness (QED) is 0.380. The zero-order valence-corrected chi connectivity index (χ0v) is 20.6. The second-order valence-electron chi connectivity index (χ2n) is 9.59. The molecule has 0 spiro atoms. The zero-order valence-electron chi connectivity index (χ0n) is 20.6. The van der Waals surface area contributed by atoms with Gasteiger partial charge in [0, 0.05) is 6.54 Å². The average molecular weight is 465 g/mol. The molecule has 5 heteroatoms. The van der Waals surface area contributed by atoms with E-state index in [1.807, 2.05) is 60.4 Å². The van der Waals surface area contributed by atoms with Crippen LogP contribution in [0.5, 0.6) is 0 Å². The van der Waals surface area contributed by atoms with Crippen LogP contribution in [0.4, 0.5) is 0 Å². The highest BCUT2D eigenvalue weighted by molar-refractivity contribution is 5.84. The molecule has 5 nitrogen and oxygen atoms in total. The molecule has 5 rings (SSSR count). The van der Waals surface area contributed by atoms with Crippen molar-refractivity contribution in [1.29, 1.82) is 0 Å². The Morgan fingerprint density at radius 3 is 2.23 bits per heavy atom. The Morgan fingerprint density at radius 2 is 1.57 bits per heavy atom. The number of H-pyrrole nitrogens is 1. The van der Waals surface area contributed by atoms with Crippen molar-refractivity contribution < 1.29 is 4.79 Å². The van der Waals surface area contributed by atoms with Crippen molar-refractivity contribution >= 4 is 5.91 Å². The van der Waals surface area contributed by atoms with Gasteiger partial charge >= 0.3 is 0 Å². The lowest BCUT2D eigenvalue weighted by molar-refractivity contribution is -0.137. The van der Waals surface area contributed by atoms with E-state index in [1.54, 1.807) is 0 Å². The largest absolute Gasteiger partial charge is 0.340 e. The Kier molecular flexibility index (Phi) is 6.51. The number of aromatic amines is 1. The van der Waals surface area contributed by atoms with Crippen LogP contribution >= 0.6 is 0 Å². The lowest BCUT2D eigenvalue weighted by Crippen LogP contribution is -2.40. The SMILES string of the molecule is Cc1ccc(-c2ccc(-c3cnc([C@@H]4CCCN4C(=O)[C@@H](c4ccccc4)N(C)C)[nH]3)cc2)cc1. The molecule has 0 saturated carbocycles. The third-order valence-corrected chi connectivity index (χ3v) is 6.89. The van der Waals surface area contributed by atoms with E-state index in [1.165, 1.54) is 16.7 Å². The predicted octanol–water partition coefficient (Wildman–Crippen LogP) is 6.02. The number of nitrogens with one attached hydrogen (secondary N) is 1. The summed E-state index contributed by atoms with van der Waals surface area (Å²) in [6.45, 7) is 2.85. The molecule has 4 aromatic rings. The van der Waals surface area contributed by atoms with Gasteiger partial charge in [0.1, 0.15) is 11.9 Å². The highest BCUT2D eigenvalue weighted by Gasteiger charge is 2.36. The normalized spacial score (nSPS) is 16.6. The fourth-order valence-electron chi connectivity index (χ4n) is 5.01. The summed E-state index contributed by atoms with van der Waals surface area (Å²) in [7, 11) is 3.93. The Balaban J connectivity index is 1.36. The number of benzene rings is 3. The Bertz CT molecular complexity index is 1280. The maximum Gasteiger partial charge on any atom is 0.245 e. The fraction of sp³-hybridized carbons (Fsp3) is 0.267. The van der Waals surface area contributed by atoms with Gasteiger partial charge in [0.15, 0.2) is 0 Å². The van der Waals surface area contributed by atoms with Gasteiger partial charge in [-0.2, -0.15) is 0 Å². The third kappa shape index (κ3) is 4.77. The van der Waals surface area contributed by atoms with Gasteiger partial charge in [-0.3, -0.25) is 9.69 Å². The Morgan fingerprint density at radius 1 is 0.943 bits per heavy atom. The summed E-state index contributed by atoms with van der Waals surface area (Å²) in [5, 5.41) is 0. The molecule has 1 saturated heterocycles. The number of likely N-dealkylation sites (N-methyl/N-ethyl adjacent to an activating group) is 1. The van der Waals surface area contributed by atoms with Crippen LogP contribution in [-0.4, -0.2) is 46.3 Å². The van der Waals surface area contributed by atoms with Crippen molar-refractivity contribution in [2.24, 2.45) is 0 Å². The zero-order chi connectivity index (χ0) is 24.4. The molecule has 178 valence electrons. The summed E-state index contributed by atoms with van der Waals surface area (Å²) in [6.07, 6.45) is 3.78. The summed E-state index contributed by atoms with van der Waals surface area (Å²) in [6, 6.07) is 26.8. The minimum absolute atomic E-state index is 0.0331. The first kappa shape index (κ1) is 23.1. The molecule has 1 aliphatic heterocycles. The average Bonchev–Trinajstić information content (AvgIpc) is 3.55. The molecule has 0 bridgehead atoms. The summed E-state index contributed by atoms with van der Waals surface area (Å²) >= 11 is 0. The molecule has 2 atom stereocenters. The standard InChI is InChI=1S/C30H32N4O/c1-21-11-13-22(14-12-21)23-15-17-24(18-16-23)26-20-31-29(32-26)27-10-7-19-34(27)30(35)28(33(2)3)25-8-5-4-6-9-25/h4-6,8-9,11-18,20,27-28H,7,10,19H2,1-3H3,(H,31,32)/t27-,28+/m0/s1. The maximum absolute atomic E-state index is 13.7. The summed E-state index contributed by atoms with van der Waals surface area (Å²) < 4.78 is 0. The molecule has 0 unspecified atom stereocenters. The lowest BCUT2D eigenvalue weighted by Gasteiger charge is -2.31. The second kappa shape index (κ2) is 9.88. The van der Waals surface area contributed by atoms with Crippen LogP contribution in [0.15, 0.2) is 85.1 Å². The van der Waals surface area contributed by atoms with Gasteiger partial charge in [0.05, 0.1) is 17.9 Å². The molecule has 3 aromatic carbocycles. The van der Waals surface area contributed by atoms with Gasteiger partial charge in [-0.15, -0.1) is 0 Å². The van der Waals surface area contributed by atoms with Gasteiger partial charge < -0.3 is 9.88 Å². The Hall–Kier alpha value is -3.70. The van der Waals surface area contributed by atoms with Crippen LogP contribution in [0.25, 0.3) is 22.4 Å². The smallest absolute Gasteiger partial charge is 0.245 e. The van der Waals surface area contributed by atoms with Crippen LogP contribution < -0.4 is 0 Å². The van der Waals surface area contributed by atoms with Gasteiger partial charge in [0.25, 0.3) is 0 Å². The molecular formula is C30H32N4O. The minimum atomic E-state index is -0.305. The number of aryl methyl sites for hydroxylation is 1. The van der Waals surface area contributed by atoms with Crippen molar-refractivity contribution in [2.45, 2.75) is 31.8 Å². The predicted molar refractivity (Wildman–Crippen MR) is 141 cm³/mol. The van der Waals surface area contributed by atoms with Gasteiger partial charge in [-0.05, 0) is 56.1 Å². The van der Waals surface area contributed by atoms with E-state index in [4.69, 9.17) is 4.98 Å². The molecule has 1 aromatic heterocycles. The lowest BCUT2D eigenvalue weighted by atomic mass is 10.0. The van der Waals surface area contributed by atoms with E-state index in [-0.39, 0.29) is 18.0 Å². The number of hydrogen-bond acceptors (Lipinski definition) is 3. The summed E-state index contributed by atoms with van der Waals surface area (Å²) in [4.78, 5) is 25.9. The number of imidazole rings is 1. The van der Waals surface area contributed by atoms with Crippen LogP contribution in [0.2, 0.25) is 0 Å². The number of rotatable bonds is 6. The first-order valence-corrected chi connectivity index (χ1v) is 12.3. The van der Waals surface area contributed by atoms with E-state index in [2.05, 4.69) is 60.4 Å². The van der Waals surface area contributed by atoms with E-state index < -0.39 is 0 Å². The first-order valence-electron chi connectivity index (χ1n) is 12.3. The van der Waals surface area contributed by atoms with E-state index in [0.717, 1.165) is 42.0 Å². The van der Waals surface area contributed by atoms with Gasteiger partial charge in [-0.1, -0.05) is 84.4 Å². The Labute approximate surface area is 207 Å². The molecular weight excluding hydrogens is 432 g/mol. The number of amides is 1. The van der Waals surface area contributed by atoms with E-state index in [0.29, 0.717) is 0 Å². The highest BCUT2D eigenvalue weighted by Crippen LogP contribution is 2.35. The minimum Gasteiger partial charge on any atom is -0.340 e. The fourth-order valence-corrected chi connectivity index (χ4v) is 5.01. The number of hydrogen-bond donors (Lipinski definition) is 1. The number of nitrogens with zero attached hydrogens (tertiary/aromatic N) is 3. The third-order valence-electron chi connectivity index (χ3n) is 6.89. The van der Waals surface area contributed by atoms with E-state index >= 15 is 0 Å². The first-order chi connectivity index (χ1) is 17.0.